The molecule has 0 aromatic heterocycles. The first-order chi connectivity index (χ1) is 9.92. The Kier molecular flexibility index (Phi) is 6.16. The fourth-order valence-corrected chi connectivity index (χ4v) is 2.03. The zero-order valence-electron chi connectivity index (χ0n) is 11.5. The lowest BCUT2D eigenvalue weighted by molar-refractivity contribution is -0.138. The molecule has 1 aromatic rings. The summed E-state index contributed by atoms with van der Waals surface area (Å²) in [6.45, 7) is 0. The number of ether oxygens (including phenoxy) is 3. The summed E-state index contributed by atoms with van der Waals surface area (Å²) >= 11 is 3.13. The van der Waals surface area contributed by atoms with Crippen molar-refractivity contribution in [3.8, 4) is 5.75 Å². The van der Waals surface area contributed by atoms with E-state index in [0.29, 0.717) is 4.47 Å². The average molecular weight is 362 g/mol. The number of halogens is 2. The van der Waals surface area contributed by atoms with Crippen LogP contribution in [0.2, 0.25) is 0 Å². The zero-order chi connectivity index (χ0) is 16.0. The van der Waals surface area contributed by atoms with Crippen molar-refractivity contribution in [2.45, 2.75) is 0 Å². The quantitative estimate of drug-likeness (QED) is 0.640. The van der Waals surface area contributed by atoms with Crippen molar-refractivity contribution < 1.29 is 28.2 Å². The van der Waals surface area contributed by atoms with Crippen LogP contribution in [0.3, 0.4) is 0 Å². The van der Waals surface area contributed by atoms with Crippen molar-refractivity contribution in [1.29, 1.82) is 0 Å². The van der Waals surface area contributed by atoms with E-state index in [4.69, 9.17) is 4.74 Å². The van der Waals surface area contributed by atoms with Crippen LogP contribution in [-0.2, 0) is 19.1 Å². The van der Waals surface area contributed by atoms with Crippen LogP contribution in [0.4, 0.5) is 10.1 Å². The number of hydrogen-bond donors (Lipinski definition) is 1. The Morgan fingerprint density at radius 3 is 2.43 bits per heavy atom. The smallest absolute Gasteiger partial charge is 0.354 e. The van der Waals surface area contributed by atoms with Crippen LogP contribution in [-0.4, -0.2) is 33.3 Å². The molecule has 1 N–H and O–H groups in total. The summed E-state index contributed by atoms with van der Waals surface area (Å²) in [7, 11) is 3.69. The predicted octanol–water partition coefficient (Wildman–Crippen LogP) is 2.24. The summed E-state index contributed by atoms with van der Waals surface area (Å²) in [6, 6.07) is 2.31. The van der Waals surface area contributed by atoms with E-state index in [1.54, 1.807) is 0 Å². The lowest BCUT2D eigenvalue weighted by Crippen LogP contribution is -2.16. The van der Waals surface area contributed by atoms with Gasteiger partial charge >= 0.3 is 11.9 Å². The van der Waals surface area contributed by atoms with Crippen LogP contribution in [0.5, 0.6) is 5.75 Å². The van der Waals surface area contributed by atoms with Crippen LogP contribution >= 0.6 is 15.9 Å². The molecule has 8 heteroatoms. The van der Waals surface area contributed by atoms with Crippen LogP contribution in [0.1, 0.15) is 0 Å². The minimum absolute atomic E-state index is 0.143. The van der Waals surface area contributed by atoms with Crippen molar-refractivity contribution in [3.63, 3.8) is 0 Å². The fourth-order valence-electron chi connectivity index (χ4n) is 1.44. The van der Waals surface area contributed by atoms with Gasteiger partial charge in [-0.15, -0.1) is 0 Å². The van der Waals surface area contributed by atoms with Crippen molar-refractivity contribution in [1.82, 2.24) is 0 Å². The van der Waals surface area contributed by atoms with Gasteiger partial charge in [0.15, 0.2) is 5.75 Å². The summed E-state index contributed by atoms with van der Waals surface area (Å²) < 4.78 is 27.9. The lowest BCUT2D eigenvalue weighted by Gasteiger charge is -2.14. The summed E-state index contributed by atoms with van der Waals surface area (Å²) in [5.41, 5.74) is -0.0786. The van der Waals surface area contributed by atoms with Gasteiger partial charge in [0.25, 0.3) is 0 Å². The molecule has 0 heterocycles. The summed E-state index contributed by atoms with van der Waals surface area (Å²) in [6.07, 6.45) is 0.893. The van der Waals surface area contributed by atoms with Gasteiger partial charge in [-0.2, -0.15) is 0 Å². The molecule has 0 spiro atoms. The molecule has 0 amide bonds. The standard InChI is InChI=1S/C13H13BrFNO5/c1-19-11(17)6-10(13(18)21-3)16-9-5-7(15)4-8(14)12(9)20-2/h4-6,16H,1-3H3/b10-6+. The van der Waals surface area contributed by atoms with Gasteiger partial charge in [0.1, 0.15) is 11.5 Å². The molecule has 6 nitrogen and oxygen atoms in total. The summed E-state index contributed by atoms with van der Waals surface area (Å²) in [4.78, 5) is 22.9. The van der Waals surface area contributed by atoms with E-state index in [9.17, 15) is 14.0 Å². The number of anilines is 1. The van der Waals surface area contributed by atoms with E-state index in [2.05, 4.69) is 30.7 Å². The number of carbonyl (C=O) groups is 2. The number of esters is 2. The molecule has 21 heavy (non-hydrogen) atoms. The molecule has 0 aliphatic heterocycles. The third-order valence-corrected chi connectivity index (χ3v) is 2.94. The van der Waals surface area contributed by atoms with E-state index < -0.39 is 17.8 Å². The SMILES string of the molecule is COC(=O)/C=C(/Nc1cc(F)cc(Br)c1OC)C(=O)OC. The molecule has 1 aromatic carbocycles. The molecule has 0 aliphatic rings. The largest absolute Gasteiger partial charge is 0.493 e. The molecule has 114 valence electrons. The highest BCUT2D eigenvalue weighted by molar-refractivity contribution is 9.10. The van der Waals surface area contributed by atoms with Crippen molar-refractivity contribution in [2.24, 2.45) is 0 Å². The van der Waals surface area contributed by atoms with Crippen LogP contribution in [0.25, 0.3) is 0 Å². The molecule has 0 atom stereocenters. The molecule has 0 fully saturated rings. The molecule has 0 radical (unpaired) electrons. The Bertz CT molecular complexity index is 588. The minimum atomic E-state index is -0.817. The van der Waals surface area contributed by atoms with Crippen LogP contribution in [0, 0.1) is 5.82 Å². The molecule has 1 rings (SSSR count). The van der Waals surface area contributed by atoms with Crippen molar-refractivity contribution >= 4 is 33.6 Å². The fraction of sp³-hybridized carbons (Fsp3) is 0.231. The number of carbonyl (C=O) groups excluding carboxylic acids is 2. The lowest BCUT2D eigenvalue weighted by atomic mass is 10.2. The Hall–Kier alpha value is -2.09. The maximum Gasteiger partial charge on any atom is 0.354 e. The molecule has 0 unspecified atom stereocenters. The highest BCUT2D eigenvalue weighted by Crippen LogP contribution is 2.35. The van der Waals surface area contributed by atoms with Gasteiger partial charge < -0.3 is 19.5 Å². The first-order valence-corrected chi connectivity index (χ1v) is 6.40. The predicted molar refractivity (Wildman–Crippen MR) is 76.4 cm³/mol. The van der Waals surface area contributed by atoms with Gasteiger partial charge in [-0.1, -0.05) is 0 Å². The van der Waals surface area contributed by atoms with Gasteiger partial charge in [-0.3, -0.25) is 0 Å². The van der Waals surface area contributed by atoms with Crippen LogP contribution in [0.15, 0.2) is 28.4 Å². The van der Waals surface area contributed by atoms with Gasteiger partial charge in [0.05, 0.1) is 37.6 Å². The Labute approximate surface area is 129 Å². The Morgan fingerprint density at radius 2 is 1.90 bits per heavy atom. The molecule has 0 aliphatic carbocycles. The number of hydrogen-bond acceptors (Lipinski definition) is 6. The van der Waals surface area contributed by atoms with Gasteiger partial charge in [-0.25, -0.2) is 14.0 Å². The first kappa shape index (κ1) is 17.0. The third kappa shape index (κ3) is 4.45. The Balaban J connectivity index is 3.24. The summed E-state index contributed by atoms with van der Waals surface area (Å²) in [5, 5.41) is 2.59. The van der Waals surface area contributed by atoms with Crippen molar-refractivity contribution in [3.05, 3.63) is 34.2 Å². The van der Waals surface area contributed by atoms with E-state index in [1.807, 2.05) is 0 Å². The van der Waals surface area contributed by atoms with E-state index in [-0.39, 0.29) is 17.1 Å². The number of benzene rings is 1. The highest BCUT2D eigenvalue weighted by atomic mass is 79.9. The molecular formula is C13H13BrFNO5. The molecule has 0 saturated heterocycles. The van der Waals surface area contributed by atoms with Gasteiger partial charge in [0.2, 0.25) is 0 Å². The van der Waals surface area contributed by atoms with E-state index in [1.165, 1.54) is 13.2 Å². The minimum Gasteiger partial charge on any atom is -0.493 e. The second kappa shape index (κ2) is 7.63. The second-order valence-corrected chi connectivity index (χ2v) is 4.52. The van der Waals surface area contributed by atoms with Crippen molar-refractivity contribution in [2.75, 3.05) is 26.6 Å². The van der Waals surface area contributed by atoms with Gasteiger partial charge in [0, 0.05) is 6.07 Å². The topological polar surface area (TPSA) is 73.9 Å². The number of nitrogens with one attached hydrogen (secondary N) is 1. The first-order valence-electron chi connectivity index (χ1n) is 5.61. The molecule has 0 saturated carbocycles. The zero-order valence-corrected chi connectivity index (χ0v) is 13.1. The molecule has 0 bridgehead atoms. The number of rotatable bonds is 5. The maximum absolute atomic E-state index is 13.5. The number of methoxy groups -OCH3 is 3. The third-order valence-electron chi connectivity index (χ3n) is 2.35. The van der Waals surface area contributed by atoms with E-state index in [0.717, 1.165) is 26.4 Å². The Morgan fingerprint density at radius 1 is 1.24 bits per heavy atom. The maximum atomic E-state index is 13.5. The monoisotopic (exact) mass is 361 g/mol. The average Bonchev–Trinajstić information content (AvgIpc) is 2.45. The van der Waals surface area contributed by atoms with Crippen LogP contribution < -0.4 is 10.1 Å². The second-order valence-electron chi connectivity index (χ2n) is 3.67. The summed E-state index contributed by atoms with van der Waals surface area (Å²) in [5.74, 6) is -1.89. The van der Waals surface area contributed by atoms with Gasteiger partial charge in [-0.05, 0) is 22.0 Å². The highest BCUT2D eigenvalue weighted by Gasteiger charge is 2.17. The normalized spacial score (nSPS) is 10.8. The molecular weight excluding hydrogens is 349 g/mol. The van der Waals surface area contributed by atoms with E-state index >= 15 is 0 Å².